The number of sulfonamides is 1. The third kappa shape index (κ3) is 8.69. The Kier molecular flexibility index (Phi) is 11.9. The molecular weight excluding hydrogens is 641 g/mol. The minimum atomic E-state index is -4.24. The summed E-state index contributed by atoms with van der Waals surface area (Å²) in [5.74, 6) is -0.919. The maximum absolute atomic E-state index is 14.6. The first-order valence-corrected chi connectivity index (χ1v) is 17.3. The van der Waals surface area contributed by atoms with Crippen LogP contribution < -0.4 is 9.62 Å². The summed E-state index contributed by atoms with van der Waals surface area (Å²) < 4.78 is 29.5. The number of benzene rings is 4. The van der Waals surface area contributed by atoms with E-state index in [0.717, 1.165) is 21.0 Å². The van der Waals surface area contributed by atoms with Gasteiger partial charge >= 0.3 is 0 Å². The summed E-state index contributed by atoms with van der Waals surface area (Å²) in [6, 6.07) is 26.7. The van der Waals surface area contributed by atoms with Gasteiger partial charge < -0.3 is 10.2 Å². The van der Waals surface area contributed by atoms with Gasteiger partial charge in [0.15, 0.2) is 0 Å². The predicted octanol–water partition coefficient (Wildman–Crippen LogP) is 7.36. The van der Waals surface area contributed by atoms with E-state index in [1.54, 1.807) is 48.5 Å². The van der Waals surface area contributed by atoms with Crippen LogP contribution in [-0.2, 0) is 32.6 Å². The molecule has 0 radical (unpaired) electrons. The van der Waals surface area contributed by atoms with E-state index >= 15 is 0 Å². The Balaban J connectivity index is 1.83. The van der Waals surface area contributed by atoms with Crippen LogP contribution in [0.25, 0.3) is 0 Å². The van der Waals surface area contributed by atoms with E-state index in [2.05, 4.69) is 5.32 Å². The van der Waals surface area contributed by atoms with Crippen LogP contribution in [0, 0.1) is 13.8 Å². The van der Waals surface area contributed by atoms with Crippen LogP contribution in [0.2, 0.25) is 10.0 Å². The van der Waals surface area contributed by atoms with Crippen molar-refractivity contribution in [2.24, 2.45) is 0 Å². The summed E-state index contributed by atoms with van der Waals surface area (Å²) in [5.41, 5.74) is 3.35. The van der Waals surface area contributed by atoms with Crippen LogP contribution >= 0.6 is 23.2 Å². The van der Waals surface area contributed by atoms with Gasteiger partial charge in [-0.2, -0.15) is 0 Å². The summed E-state index contributed by atoms with van der Waals surface area (Å²) in [4.78, 5) is 30.0. The Labute approximate surface area is 282 Å². The second kappa shape index (κ2) is 15.6. The monoisotopic (exact) mass is 679 g/mol. The molecule has 0 spiro atoms. The second-order valence-electron chi connectivity index (χ2n) is 11.4. The number of hydrogen-bond donors (Lipinski definition) is 1. The molecule has 4 rings (SSSR count). The Morgan fingerprint density at radius 3 is 2.13 bits per heavy atom. The molecule has 46 heavy (non-hydrogen) atoms. The van der Waals surface area contributed by atoms with E-state index in [1.807, 2.05) is 58.0 Å². The fraction of sp³-hybridized carbons (Fsp3) is 0.278. The normalized spacial score (nSPS) is 12.7. The van der Waals surface area contributed by atoms with Crippen molar-refractivity contribution in [1.29, 1.82) is 0 Å². The van der Waals surface area contributed by atoms with Crippen LogP contribution in [0.5, 0.6) is 0 Å². The first kappa shape index (κ1) is 35.0. The molecule has 0 saturated heterocycles. The first-order chi connectivity index (χ1) is 21.9. The van der Waals surface area contributed by atoms with Crippen molar-refractivity contribution in [3.05, 3.63) is 129 Å². The van der Waals surface area contributed by atoms with Gasteiger partial charge in [0.05, 0.1) is 10.6 Å². The Bertz CT molecular complexity index is 1770. The summed E-state index contributed by atoms with van der Waals surface area (Å²) in [7, 11) is -4.24. The van der Waals surface area contributed by atoms with E-state index < -0.39 is 28.5 Å². The molecular formula is C36H39Cl2N3O4S. The molecule has 0 unspecified atom stereocenters. The van der Waals surface area contributed by atoms with Gasteiger partial charge in [-0.3, -0.25) is 13.9 Å². The van der Waals surface area contributed by atoms with Gasteiger partial charge in [-0.05, 0) is 74.2 Å². The van der Waals surface area contributed by atoms with Crippen molar-refractivity contribution in [2.45, 2.75) is 64.1 Å². The Morgan fingerprint density at radius 2 is 1.50 bits per heavy atom. The molecule has 0 bridgehead atoms. The molecule has 0 heterocycles. The Morgan fingerprint density at radius 1 is 0.848 bits per heavy atom. The third-order valence-corrected chi connectivity index (χ3v) is 10.5. The van der Waals surface area contributed by atoms with Gasteiger partial charge in [-0.15, -0.1) is 0 Å². The fourth-order valence-corrected chi connectivity index (χ4v) is 6.68. The smallest absolute Gasteiger partial charge is 0.264 e. The number of carbonyl (C=O) groups excluding carboxylic acids is 2. The lowest BCUT2D eigenvalue weighted by Gasteiger charge is -2.34. The third-order valence-electron chi connectivity index (χ3n) is 7.90. The molecule has 242 valence electrons. The van der Waals surface area contributed by atoms with Gasteiger partial charge in [0.1, 0.15) is 12.6 Å². The van der Waals surface area contributed by atoms with Crippen molar-refractivity contribution < 1.29 is 18.0 Å². The number of nitrogens with one attached hydrogen (secondary N) is 1. The molecule has 0 saturated carbocycles. The molecule has 4 aromatic carbocycles. The standard InChI is InChI=1S/C36H39Cl2N3O4S/c1-5-27(4)39-36(43)34(21-28-11-7-6-8-12-28)40(23-29-13-9-10-14-32(29)37)35(42)24-41(30-18-17-26(3)33(38)22-30)46(44,45)31-19-15-25(2)16-20-31/h6-20,22,27,34H,5,21,23-24H2,1-4H3,(H,39,43)/t27-,34+/m1/s1. The lowest BCUT2D eigenvalue weighted by Crippen LogP contribution is -2.54. The van der Waals surface area contributed by atoms with Gasteiger partial charge in [-0.1, -0.05) is 102 Å². The van der Waals surface area contributed by atoms with Gasteiger partial charge in [0.25, 0.3) is 10.0 Å². The SMILES string of the molecule is CC[C@@H](C)NC(=O)[C@H](Cc1ccccc1)N(Cc1ccccc1Cl)C(=O)CN(c1ccc(C)c(Cl)c1)S(=O)(=O)c1ccc(C)cc1. The lowest BCUT2D eigenvalue weighted by atomic mass is 10.0. The minimum Gasteiger partial charge on any atom is -0.352 e. The van der Waals surface area contributed by atoms with E-state index in [4.69, 9.17) is 23.2 Å². The number of hydrogen-bond acceptors (Lipinski definition) is 4. The first-order valence-electron chi connectivity index (χ1n) is 15.1. The zero-order chi connectivity index (χ0) is 33.4. The molecule has 0 aliphatic heterocycles. The minimum absolute atomic E-state index is 0.0169. The van der Waals surface area contributed by atoms with Crippen LogP contribution in [0.4, 0.5) is 5.69 Å². The molecule has 1 N–H and O–H groups in total. The number of nitrogens with zero attached hydrogens (tertiary/aromatic N) is 2. The maximum Gasteiger partial charge on any atom is 0.264 e. The van der Waals surface area contributed by atoms with Crippen molar-refractivity contribution in [3.8, 4) is 0 Å². The molecule has 10 heteroatoms. The summed E-state index contributed by atoms with van der Waals surface area (Å²) in [5, 5.41) is 3.82. The van der Waals surface area contributed by atoms with E-state index in [1.165, 1.54) is 23.1 Å². The van der Waals surface area contributed by atoms with Crippen LogP contribution in [0.3, 0.4) is 0 Å². The zero-order valence-corrected chi connectivity index (χ0v) is 28.7. The van der Waals surface area contributed by atoms with Gasteiger partial charge in [0.2, 0.25) is 11.8 Å². The van der Waals surface area contributed by atoms with Crippen LogP contribution in [0.1, 0.15) is 42.5 Å². The summed E-state index contributed by atoms with van der Waals surface area (Å²) >= 11 is 13.0. The van der Waals surface area contributed by atoms with Crippen LogP contribution in [-0.4, -0.2) is 43.8 Å². The number of halogens is 2. The number of amides is 2. The molecule has 2 atom stereocenters. The zero-order valence-electron chi connectivity index (χ0n) is 26.4. The highest BCUT2D eigenvalue weighted by molar-refractivity contribution is 7.92. The average molecular weight is 681 g/mol. The number of anilines is 1. The molecule has 2 amide bonds. The lowest BCUT2D eigenvalue weighted by molar-refractivity contribution is -0.140. The highest BCUT2D eigenvalue weighted by Crippen LogP contribution is 2.29. The van der Waals surface area contributed by atoms with Crippen molar-refractivity contribution in [2.75, 3.05) is 10.8 Å². The molecule has 4 aromatic rings. The predicted molar refractivity (Wildman–Crippen MR) is 186 cm³/mol. The van der Waals surface area contributed by atoms with E-state index in [-0.39, 0.29) is 35.5 Å². The molecule has 0 aromatic heterocycles. The topological polar surface area (TPSA) is 86.8 Å². The van der Waals surface area contributed by atoms with E-state index in [9.17, 15) is 18.0 Å². The maximum atomic E-state index is 14.6. The van der Waals surface area contributed by atoms with Crippen molar-refractivity contribution in [1.82, 2.24) is 10.2 Å². The number of carbonyl (C=O) groups is 2. The second-order valence-corrected chi connectivity index (χ2v) is 14.1. The highest BCUT2D eigenvalue weighted by Gasteiger charge is 2.35. The number of rotatable bonds is 13. The Hall–Kier alpha value is -3.85. The van der Waals surface area contributed by atoms with Gasteiger partial charge in [-0.25, -0.2) is 8.42 Å². The molecule has 0 aliphatic carbocycles. The molecule has 0 fully saturated rings. The van der Waals surface area contributed by atoms with Crippen molar-refractivity contribution >= 4 is 50.7 Å². The van der Waals surface area contributed by atoms with Crippen molar-refractivity contribution in [3.63, 3.8) is 0 Å². The summed E-state index contributed by atoms with van der Waals surface area (Å²) in [6.07, 6.45) is 0.902. The van der Waals surface area contributed by atoms with Crippen LogP contribution in [0.15, 0.2) is 102 Å². The molecule has 0 aliphatic rings. The fourth-order valence-electron chi connectivity index (χ4n) is 4.91. The van der Waals surface area contributed by atoms with E-state index in [0.29, 0.717) is 22.0 Å². The largest absolute Gasteiger partial charge is 0.352 e. The quantitative estimate of drug-likeness (QED) is 0.160. The summed E-state index contributed by atoms with van der Waals surface area (Å²) in [6.45, 7) is 6.94. The van der Waals surface area contributed by atoms with Gasteiger partial charge in [0, 0.05) is 29.1 Å². The average Bonchev–Trinajstić information content (AvgIpc) is 3.04. The highest BCUT2D eigenvalue weighted by atomic mass is 35.5. The molecule has 7 nitrogen and oxygen atoms in total. The number of aryl methyl sites for hydroxylation is 2.